The van der Waals surface area contributed by atoms with E-state index in [-0.39, 0.29) is 0 Å². The van der Waals surface area contributed by atoms with E-state index in [0.717, 1.165) is 10.8 Å². The average Bonchev–Trinajstić information content (AvgIpc) is 2.56. The van der Waals surface area contributed by atoms with Crippen LogP contribution >= 0.6 is 11.8 Å². The van der Waals surface area contributed by atoms with Crippen molar-refractivity contribution in [3.63, 3.8) is 0 Å². The normalized spacial score (nSPS) is 12.4. The molecule has 0 saturated carbocycles. The molecule has 0 aliphatic heterocycles. The molecule has 106 valence electrons. The lowest BCUT2D eigenvalue weighted by atomic mass is 10.0. The van der Waals surface area contributed by atoms with Crippen molar-refractivity contribution in [1.82, 2.24) is 10.3 Å². The number of thioether (sulfide) groups is 1. The van der Waals surface area contributed by atoms with Gasteiger partial charge in [0.25, 0.3) is 0 Å². The fourth-order valence-corrected chi connectivity index (χ4v) is 3.38. The van der Waals surface area contributed by atoms with Crippen molar-refractivity contribution in [1.29, 1.82) is 0 Å². The second kappa shape index (κ2) is 6.74. The summed E-state index contributed by atoms with van der Waals surface area (Å²) in [4.78, 5) is 4.36. The number of pyridine rings is 1. The van der Waals surface area contributed by atoms with E-state index in [1.807, 2.05) is 25.4 Å². The second-order valence-corrected chi connectivity index (χ2v) is 5.97. The van der Waals surface area contributed by atoms with Crippen molar-refractivity contribution >= 4 is 22.5 Å². The summed E-state index contributed by atoms with van der Waals surface area (Å²) < 4.78 is 0. The van der Waals surface area contributed by atoms with E-state index in [4.69, 9.17) is 0 Å². The number of nitrogens with one attached hydrogen (secondary N) is 1. The molecule has 0 radical (unpaired) electrons. The van der Waals surface area contributed by atoms with Crippen molar-refractivity contribution in [2.24, 2.45) is 0 Å². The van der Waals surface area contributed by atoms with Crippen LogP contribution in [0.1, 0.15) is 11.6 Å². The van der Waals surface area contributed by atoms with Gasteiger partial charge in [-0.25, -0.2) is 4.98 Å². The van der Waals surface area contributed by atoms with Gasteiger partial charge >= 0.3 is 0 Å². The summed E-state index contributed by atoms with van der Waals surface area (Å²) in [7, 11) is 2.01. The molecule has 0 spiro atoms. The molecule has 0 aliphatic rings. The zero-order valence-corrected chi connectivity index (χ0v) is 12.8. The molecule has 2 nitrogen and oxygen atoms in total. The third-order valence-corrected chi connectivity index (χ3v) is 4.60. The molecule has 1 atom stereocenters. The maximum absolute atomic E-state index is 4.36. The first-order valence-electron chi connectivity index (χ1n) is 7.06. The highest BCUT2D eigenvalue weighted by atomic mass is 32.2. The summed E-state index contributed by atoms with van der Waals surface area (Å²) in [6, 6.07) is 21.5. The summed E-state index contributed by atoms with van der Waals surface area (Å²) in [5, 5.41) is 7.05. The van der Waals surface area contributed by atoms with Gasteiger partial charge in [-0.05, 0) is 41.6 Å². The van der Waals surface area contributed by atoms with Crippen LogP contribution < -0.4 is 5.32 Å². The molecule has 0 saturated heterocycles. The molecule has 1 unspecified atom stereocenters. The molecule has 0 aliphatic carbocycles. The molecule has 0 amide bonds. The van der Waals surface area contributed by atoms with Crippen LogP contribution in [0.4, 0.5) is 0 Å². The van der Waals surface area contributed by atoms with Crippen molar-refractivity contribution in [2.45, 2.75) is 11.1 Å². The SMILES string of the molecule is CNC(CSc1ccccn1)c1ccc2ccccc2c1. The van der Waals surface area contributed by atoms with Gasteiger partial charge in [-0.2, -0.15) is 0 Å². The predicted octanol–water partition coefficient (Wildman–Crippen LogP) is 4.29. The highest BCUT2D eigenvalue weighted by Gasteiger charge is 2.10. The van der Waals surface area contributed by atoms with Crippen LogP contribution in [0.15, 0.2) is 71.9 Å². The third-order valence-electron chi connectivity index (χ3n) is 3.56. The highest BCUT2D eigenvalue weighted by molar-refractivity contribution is 7.99. The maximum atomic E-state index is 4.36. The predicted molar refractivity (Wildman–Crippen MR) is 90.7 cm³/mol. The zero-order chi connectivity index (χ0) is 14.5. The van der Waals surface area contributed by atoms with Gasteiger partial charge in [0.1, 0.15) is 0 Å². The van der Waals surface area contributed by atoms with Crippen LogP contribution in [0, 0.1) is 0 Å². The van der Waals surface area contributed by atoms with E-state index in [2.05, 4.69) is 58.8 Å². The maximum Gasteiger partial charge on any atom is 0.0960 e. The van der Waals surface area contributed by atoms with Crippen LogP contribution in [0.2, 0.25) is 0 Å². The molecular weight excluding hydrogens is 276 g/mol. The lowest BCUT2D eigenvalue weighted by Gasteiger charge is -2.16. The fourth-order valence-electron chi connectivity index (χ4n) is 2.37. The highest BCUT2D eigenvalue weighted by Crippen LogP contribution is 2.25. The standard InChI is InChI=1S/C18H18N2S/c1-19-17(13-21-18-8-4-5-11-20-18)16-10-9-14-6-2-3-7-15(14)12-16/h2-12,17,19H,13H2,1H3. The van der Waals surface area contributed by atoms with Gasteiger partial charge in [-0.3, -0.25) is 0 Å². The Hall–Kier alpha value is -1.84. The van der Waals surface area contributed by atoms with Gasteiger partial charge in [-0.15, -0.1) is 11.8 Å². The molecule has 2 aromatic carbocycles. The van der Waals surface area contributed by atoms with Crippen LogP contribution in [-0.2, 0) is 0 Å². The number of benzene rings is 2. The Balaban J connectivity index is 1.78. The minimum absolute atomic E-state index is 0.321. The third kappa shape index (κ3) is 3.43. The minimum Gasteiger partial charge on any atom is -0.312 e. The Morgan fingerprint density at radius 1 is 1.00 bits per heavy atom. The van der Waals surface area contributed by atoms with E-state index in [1.165, 1.54) is 16.3 Å². The zero-order valence-electron chi connectivity index (χ0n) is 12.0. The number of aromatic nitrogens is 1. The topological polar surface area (TPSA) is 24.9 Å². The molecule has 1 heterocycles. The van der Waals surface area contributed by atoms with E-state index in [1.54, 1.807) is 11.8 Å². The van der Waals surface area contributed by atoms with Crippen LogP contribution in [0.5, 0.6) is 0 Å². The molecule has 3 rings (SSSR count). The number of hydrogen-bond acceptors (Lipinski definition) is 3. The molecule has 1 N–H and O–H groups in total. The Morgan fingerprint density at radius 3 is 2.57 bits per heavy atom. The lowest BCUT2D eigenvalue weighted by molar-refractivity contribution is 0.662. The Kier molecular flexibility index (Phi) is 4.53. The van der Waals surface area contributed by atoms with Crippen LogP contribution in [0.25, 0.3) is 10.8 Å². The van der Waals surface area contributed by atoms with Gasteiger partial charge in [-0.1, -0.05) is 42.5 Å². The van der Waals surface area contributed by atoms with Gasteiger partial charge < -0.3 is 5.32 Å². The van der Waals surface area contributed by atoms with E-state index >= 15 is 0 Å². The molecule has 21 heavy (non-hydrogen) atoms. The first kappa shape index (κ1) is 14.1. The van der Waals surface area contributed by atoms with Crippen molar-refractivity contribution in [3.05, 3.63) is 72.4 Å². The Morgan fingerprint density at radius 2 is 1.81 bits per heavy atom. The molecule has 1 aromatic heterocycles. The number of rotatable bonds is 5. The smallest absolute Gasteiger partial charge is 0.0960 e. The van der Waals surface area contributed by atoms with E-state index in [9.17, 15) is 0 Å². The quantitative estimate of drug-likeness (QED) is 0.711. The monoisotopic (exact) mass is 294 g/mol. The second-order valence-electron chi connectivity index (χ2n) is 4.93. The molecule has 0 bridgehead atoms. The van der Waals surface area contributed by atoms with Crippen LogP contribution in [-0.4, -0.2) is 17.8 Å². The van der Waals surface area contributed by atoms with Gasteiger partial charge in [0, 0.05) is 18.0 Å². The van der Waals surface area contributed by atoms with E-state index in [0.29, 0.717) is 6.04 Å². The first-order valence-corrected chi connectivity index (χ1v) is 8.05. The summed E-state index contributed by atoms with van der Waals surface area (Å²) >= 11 is 1.78. The first-order chi connectivity index (χ1) is 10.4. The molecule has 3 heteroatoms. The summed E-state index contributed by atoms with van der Waals surface area (Å²) in [6.45, 7) is 0. The minimum atomic E-state index is 0.321. The Bertz CT molecular complexity index is 712. The number of fused-ring (bicyclic) bond motifs is 1. The lowest BCUT2D eigenvalue weighted by Crippen LogP contribution is -2.18. The average molecular weight is 294 g/mol. The summed E-state index contributed by atoms with van der Waals surface area (Å²) in [5.74, 6) is 0.964. The number of hydrogen-bond donors (Lipinski definition) is 1. The van der Waals surface area contributed by atoms with Crippen molar-refractivity contribution < 1.29 is 0 Å². The van der Waals surface area contributed by atoms with Crippen molar-refractivity contribution in [2.75, 3.05) is 12.8 Å². The molecule has 0 fully saturated rings. The summed E-state index contributed by atoms with van der Waals surface area (Å²) in [5.41, 5.74) is 1.32. The fraction of sp³-hybridized carbons (Fsp3) is 0.167. The largest absolute Gasteiger partial charge is 0.312 e. The van der Waals surface area contributed by atoms with E-state index < -0.39 is 0 Å². The summed E-state index contributed by atoms with van der Waals surface area (Å²) in [6.07, 6.45) is 1.84. The number of nitrogens with zero attached hydrogens (tertiary/aromatic N) is 1. The van der Waals surface area contributed by atoms with Gasteiger partial charge in [0.2, 0.25) is 0 Å². The van der Waals surface area contributed by atoms with Gasteiger partial charge in [0.15, 0.2) is 0 Å². The van der Waals surface area contributed by atoms with Crippen LogP contribution in [0.3, 0.4) is 0 Å². The Labute approximate surface area is 129 Å². The van der Waals surface area contributed by atoms with Gasteiger partial charge in [0.05, 0.1) is 5.03 Å². The van der Waals surface area contributed by atoms with Crippen molar-refractivity contribution in [3.8, 4) is 0 Å². The molecule has 3 aromatic rings. The molecular formula is C18H18N2S.